The summed E-state index contributed by atoms with van der Waals surface area (Å²) in [6.45, 7) is -0.911. The first-order valence-corrected chi connectivity index (χ1v) is 9.17. The second-order valence-corrected chi connectivity index (χ2v) is 6.46. The number of thiol groups is 1. The highest BCUT2D eigenvalue weighted by Gasteiger charge is 2.30. The second kappa shape index (κ2) is 13.3. The van der Waals surface area contributed by atoms with E-state index in [-0.39, 0.29) is 18.6 Å². The molecule has 0 rings (SSSR count). The van der Waals surface area contributed by atoms with Gasteiger partial charge in [-0.15, -0.1) is 0 Å². The van der Waals surface area contributed by atoms with Crippen molar-refractivity contribution in [2.75, 3.05) is 12.4 Å². The van der Waals surface area contributed by atoms with Crippen LogP contribution in [0.1, 0.15) is 19.3 Å². The first-order chi connectivity index (χ1) is 13.9. The molecule has 0 aliphatic rings. The molecular weight excluding hydrogens is 426 g/mol. The minimum absolute atomic E-state index is 0.256. The van der Waals surface area contributed by atoms with Gasteiger partial charge >= 0.3 is 11.9 Å². The van der Waals surface area contributed by atoms with E-state index in [0.29, 0.717) is 0 Å². The van der Waals surface area contributed by atoms with Crippen LogP contribution >= 0.6 is 12.6 Å². The topological polar surface area (TPSA) is 251 Å². The lowest BCUT2D eigenvalue weighted by Crippen LogP contribution is -2.58. The summed E-state index contributed by atoms with van der Waals surface area (Å²) < 4.78 is 0. The first kappa shape index (κ1) is 27.1. The van der Waals surface area contributed by atoms with Gasteiger partial charge in [-0.05, 0) is 6.42 Å². The van der Waals surface area contributed by atoms with E-state index in [9.17, 15) is 33.9 Å². The number of amides is 4. The van der Waals surface area contributed by atoms with Gasteiger partial charge in [0.05, 0.1) is 19.1 Å². The molecule has 0 radical (unpaired) electrons. The van der Waals surface area contributed by atoms with Crippen molar-refractivity contribution in [3.8, 4) is 0 Å². The summed E-state index contributed by atoms with van der Waals surface area (Å²) in [5.74, 6) is -6.79. The Hall–Kier alpha value is -2.91. The molecule has 4 atom stereocenters. The van der Waals surface area contributed by atoms with Crippen LogP contribution in [0.15, 0.2) is 0 Å². The maximum Gasteiger partial charge on any atom is 0.326 e. The molecule has 15 heteroatoms. The number of nitrogens with one attached hydrogen (secondary N) is 3. The number of aliphatic hydroxyl groups excluding tert-OH is 1. The van der Waals surface area contributed by atoms with Crippen molar-refractivity contribution in [3.05, 3.63) is 0 Å². The van der Waals surface area contributed by atoms with Gasteiger partial charge in [0.25, 0.3) is 0 Å². The van der Waals surface area contributed by atoms with Gasteiger partial charge in [0.1, 0.15) is 18.1 Å². The largest absolute Gasteiger partial charge is 0.481 e. The van der Waals surface area contributed by atoms with Crippen molar-refractivity contribution >= 4 is 48.2 Å². The Bertz CT molecular complexity index is 675. The van der Waals surface area contributed by atoms with Crippen LogP contribution < -0.4 is 27.4 Å². The molecule has 0 spiro atoms. The van der Waals surface area contributed by atoms with Gasteiger partial charge in [-0.25, -0.2) is 4.79 Å². The van der Waals surface area contributed by atoms with Gasteiger partial charge in [-0.1, -0.05) is 0 Å². The lowest BCUT2D eigenvalue weighted by molar-refractivity contribution is -0.143. The SMILES string of the molecule is NC(=O)CCC(NC(=O)C(CO)NC(=O)C(CS)NC(=O)C(N)CC(=O)O)C(=O)O. The summed E-state index contributed by atoms with van der Waals surface area (Å²) in [7, 11) is 0. The van der Waals surface area contributed by atoms with Gasteiger partial charge in [-0.3, -0.25) is 24.0 Å². The molecule has 0 aromatic rings. The zero-order valence-electron chi connectivity index (χ0n) is 15.7. The molecule has 4 unspecified atom stereocenters. The van der Waals surface area contributed by atoms with Crippen LogP contribution in [0.25, 0.3) is 0 Å². The van der Waals surface area contributed by atoms with E-state index in [4.69, 9.17) is 21.7 Å². The molecule has 170 valence electrons. The maximum atomic E-state index is 12.3. The summed E-state index contributed by atoms with van der Waals surface area (Å²) in [5, 5.41) is 33.4. The average molecular weight is 451 g/mol. The van der Waals surface area contributed by atoms with Crippen LogP contribution in [-0.4, -0.2) is 87.4 Å². The number of carboxylic acid groups (broad SMARTS) is 2. The molecule has 0 aromatic heterocycles. The Kier molecular flexibility index (Phi) is 12.0. The number of aliphatic carboxylic acids is 2. The number of carbonyl (C=O) groups excluding carboxylic acids is 4. The molecule has 0 aliphatic heterocycles. The molecule has 0 saturated heterocycles. The average Bonchev–Trinajstić information content (AvgIpc) is 2.65. The van der Waals surface area contributed by atoms with E-state index in [1.54, 1.807) is 0 Å². The molecule has 0 aliphatic carbocycles. The monoisotopic (exact) mass is 451 g/mol. The van der Waals surface area contributed by atoms with Crippen molar-refractivity contribution in [3.63, 3.8) is 0 Å². The number of primary amides is 1. The lowest BCUT2D eigenvalue weighted by atomic mass is 10.1. The zero-order valence-corrected chi connectivity index (χ0v) is 16.6. The second-order valence-electron chi connectivity index (χ2n) is 6.10. The van der Waals surface area contributed by atoms with E-state index in [1.165, 1.54) is 0 Å². The van der Waals surface area contributed by atoms with Crippen LogP contribution in [0.3, 0.4) is 0 Å². The number of hydrogen-bond donors (Lipinski definition) is 9. The minimum Gasteiger partial charge on any atom is -0.481 e. The third kappa shape index (κ3) is 10.0. The first-order valence-electron chi connectivity index (χ1n) is 8.54. The van der Waals surface area contributed by atoms with Gasteiger partial charge in [0.15, 0.2) is 0 Å². The molecule has 0 fully saturated rings. The quantitative estimate of drug-likeness (QED) is 0.114. The predicted octanol–water partition coefficient (Wildman–Crippen LogP) is -4.48. The number of aliphatic hydroxyl groups is 1. The minimum atomic E-state index is -1.58. The van der Waals surface area contributed by atoms with Gasteiger partial charge in [0, 0.05) is 12.2 Å². The van der Waals surface area contributed by atoms with Crippen molar-refractivity contribution in [1.29, 1.82) is 0 Å². The number of hydrogen-bond acceptors (Lipinski definition) is 9. The van der Waals surface area contributed by atoms with Crippen molar-refractivity contribution < 1.29 is 44.1 Å². The number of carbonyl (C=O) groups is 6. The summed E-state index contributed by atoms with van der Waals surface area (Å²) in [5.41, 5.74) is 10.3. The van der Waals surface area contributed by atoms with Crippen LogP contribution in [0.2, 0.25) is 0 Å². The van der Waals surface area contributed by atoms with Gasteiger partial charge in [0.2, 0.25) is 23.6 Å². The zero-order chi connectivity index (χ0) is 23.4. The molecule has 0 bridgehead atoms. The lowest BCUT2D eigenvalue weighted by Gasteiger charge is -2.23. The molecule has 0 heterocycles. The van der Waals surface area contributed by atoms with E-state index < -0.39 is 72.8 Å². The van der Waals surface area contributed by atoms with E-state index in [2.05, 4.69) is 28.6 Å². The Morgan fingerprint density at radius 2 is 1.37 bits per heavy atom. The van der Waals surface area contributed by atoms with Crippen LogP contribution in [0.4, 0.5) is 0 Å². The van der Waals surface area contributed by atoms with Gasteiger partial charge in [-0.2, -0.15) is 12.6 Å². The Morgan fingerprint density at radius 3 is 1.80 bits per heavy atom. The van der Waals surface area contributed by atoms with Crippen LogP contribution in [-0.2, 0) is 28.8 Å². The normalized spacial score (nSPS) is 14.5. The molecular formula is C15H25N5O9S. The highest BCUT2D eigenvalue weighted by atomic mass is 32.1. The number of carboxylic acids is 2. The van der Waals surface area contributed by atoms with Crippen LogP contribution in [0.5, 0.6) is 0 Å². The van der Waals surface area contributed by atoms with Crippen molar-refractivity contribution in [2.24, 2.45) is 11.5 Å². The van der Waals surface area contributed by atoms with Gasteiger partial charge < -0.3 is 42.7 Å². The maximum absolute atomic E-state index is 12.3. The molecule has 14 nitrogen and oxygen atoms in total. The van der Waals surface area contributed by atoms with E-state index in [1.807, 2.05) is 0 Å². The third-order valence-corrected chi connectivity index (χ3v) is 4.02. The fourth-order valence-corrected chi connectivity index (χ4v) is 2.29. The summed E-state index contributed by atoms with van der Waals surface area (Å²) in [6, 6.07) is -5.84. The Labute approximate surface area is 176 Å². The molecule has 30 heavy (non-hydrogen) atoms. The highest BCUT2D eigenvalue weighted by Crippen LogP contribution is 2.00. The third-order valence-electron chi connectivity index (χ3n) is 3.66. The summed E-state index contributed by atoms with van der Waals surface area (Å²) in [6.07, 6.45) is -1.31. The van der Waals surface area contributed by atoms with E-state index in [0.717, 1.165) is 0 Å². The van der Waals surface area contributed by atoms with Crippen molar-refractivity contribution in [1.82, 2.24) is 16.0 Å². The smallest absolute Gasteiger partial charge is 0.326 e. The fraction of sp³-hybridized carbons (Fsp3) is 0.600. The molecule has 0 saturated carbocycles. The summed E-state index contributed by atoms with van der Waals surface area (Å²) >= 11 is 3.88. The summed E-state index contributed by atoms with van der Waals surface area (Å²) in [4.78, 5) is 68.8. The Balaban J connectivity index is 5.00. The van der Waals surface area contributed by atoms with Crippen LogP contribution in [0, 0.1) is 0 Å². The molecule has 10 N–H and O–H groups in total. The Morgan fingerprint density at radius 1 is 0.867 bits per heavy atom. The fourth-order valence-electron chi connectivity index (χ4n) is 2.04. The standard InChI is InChI=1S/C15H25N5O9S/c16-6(3-11(23)24)12(25)20-9(5-30)14(27)19-8(4-21)13(26)18-7(15(28)29)1-2-10(17)22/h6-9,21,30H,1-5,16H2,(H2,17,22)(H,18,26)(H,19,27)(H,20,25)(H,23,24)(H,28,29). The predicted molar refractivity (Wildman–Crippen MR) is 103 cm³/mol. The number of rotatable bonds is 14. The molecule has 4 amide bonds. The number of nitrogens with two attached hydrogens (primary N) is 2. The van der Waals surface area contributed by atoms with Crippen molar-refractivity contribution in [2.45, 2.75) is 43.4 Å². The highest BCUT2D eigenvalue weighted by molar-refractivity contribution is 7.80. The molecule has 0 aromatic carbocycles. The van der Waals surface area contributed by atoms with E-state index >= 15 is 0 Å².